The molecule has 0 unspecified atom stereocenters. The number of thioether (sulfide) groups is 1. The summed E-state index contributed by atoms with van der Waals surface area (Å²) in [5.74, 6) is 1.42. The van der Waals surface area contributed by atoms with E-state index in [1.165, 1.54) is 11.8 Å². The van der Waals surface area contributed by atoms with E-state index < -0.39 is 0 Å². The Balaban J connectivity index is 2.17. The lowest BCUT2D eigenvalue weighted by Gasteiger charge is -2.03. The predicted molar refractivity (Wildman–Crippen MR) is 55.1 cm³/mol. The number of hydrogen-bond acceptors (Lipinski definition) is 4. The first-order valence-electron chi connectivity index (χ1n) is 4.14. The summed E-state index contributed by atoms with van der Waals surface area (Å²) in [6, 6.07) is 5.86. The maximum absolute atomic E-state index is 7.11. The zero-order valence-electron chi connectivity index (χ0n) is 7.45. The van der Waals surface area contributed by atoms with Crippen LogP contribution in [0.5, 0.6) is 5.75 Å². The molecule has 0 saturated carbocycles. The molecule has 0 aliphatic carbocycles. The maximum atomic E-state index is 7.11. The van der Waals surface area contributed by atoms with Crippen molar-refractivity contribution in [3.8, 4) is 5.75 Å². The number of rotatable bonds is 2. The van der Waals surface area contributed by atoms with E-state index in [1.807, 2.05) is 18.2 Å². The Morgan fingerprint density at radius 2 is 2.43 bits per heavy atom. The summed E-state index contributed by atoms with van der Waals surface area (Å²) in [6.45, 7) is 0.494. The Morgan fingerprint density at radius 3 is 3.21 bits per heavy atom. The number of benzene rings is 1. The standard InChI is InChI=1S/C9H10N2O2S/c10-9(11)14-5-7-3-1-2-6-4-12-13-8(6)7/h1-3H,4-5H2,(H3,10,11). The normalized spacial score (nSPS) is 13.4. The van der Waals surface area contributed by atoms with E-state index >= 15 is 0 Å². The summed E-state index contributed by atoms with van der Waals surface area (Å²) in [5.41, 5.74) is 7.32. The van der Waals surface area contributed by atoms with Crippen molar-refractivity contribution in [2.45, 2.75) is 12.4 Å². The van der Waals surface area contributed by atoms with Gasteiger partial charge >= 0.3 is 0 Å². The molecular formula is C9H10N2O2S. The van der Waals surface area contributed by atoms with Crippen LogP contribution in [0.2, 0.25) is 0 Å². The molecule has 0 atom stereocenters. The highest BCUT2D eigenvalue weighted by Crippen LogP contribution is 2.32. The first kappa shape index (κ1) is 9.36. The number of nitrogens with one attached hydrogen (secondary N) is 1. The molecule has 1 aromatic rings. The third-order valence-corrected chi connectivity index (χ3v) is 2.68. The third-order valence-electron chi connectivity index (χ3n) is 1.92. The molecule has 0 radical (unpaired) electrons. The van der Waals surface area contributed by atoms with Gasteiger partial charge in [0.05, 0.1) is 0 Å². The van der Waals surface area contributed by atoms with Crippen LogP contribution in [0.4, 0.5) is 0 Å². The molecule has 1 aliphatic heterocycles. The zero-order chi connectivity index (χ0) is 9.97. The average molecular weight is 210 g/mol. The molecule has 0 saturated heterocycles. The Labute approximate surface area is 85.8 Å². The van der Waals surface area contributed by atoms with E-state index in [9.17, 15) is 0 Å². The Kier molecular flexibility index (Phi) is 2.60. The number of nitrogens with two attached hydrogens (primary N) is 1. The van der Waals surface area contributed by atoms with E-state index in [2.05, 4.69) is 0 Å². The molecule has 74 valence electrons. The molecular weight excluding hydrogens is 200 g/mol. The van der Waals surface area contributed by atoms with Crippen molar-refractivity contribution in [3.63, 3.8) is 0 Å². The molecule has 1 heterocycles. The van der Waals surface area contributed by atoms with Crippen molar-refractivity contribution in [2.75, 3.05) is 0 Å². The van der Waals surface area contributed by atoms with Gasteiger partial charge < -0.3 is 10.6 Å². The van der Waals surface area contributed by atoms with Crippen molar-refractivity contribution >= 4 is 16.9 Å². The molecule has 0 bridgehead atoms. The van der Waals surface area contributed by atoms with Gasteiger partial charge in [-0.2, -0.15) is 4.89 Å². The van der Waals surface area contributed by atoms with Gasteiger partial charge in [0.1, 0.15) is 6.61 Å². The summed E-state index contributed by atoms with van der Waals surface area (Å²) in [6.07, 6.45) is 0. The molecule has 0 aromatic heterocycles. The Bertz CT molecular complexity index is 368. The lowest BCUT2D eigenvalue weighted by molar-refractivity contribution is -0.194. The molecule has 2 rings (SSSR count). The number of amidine groups is 1. The second-order valence-corrected chi connectivity index (χ2v) is 3.92. The smallest absolute Gasteiger partial charge is 0.175 e. The van der Waals surface area contributed by atoms with E-state index in [0.29, 0.717) is 12.4 Å². The fourth-order valence-corrected chi connectivity index (χ4v) is 1.82. The fraction of sp³-hybridized carbons (Fsp3) is 0.222. The topological polar surface area (TPSA) is 68.3 Å². The Morgan fingerprint density at radius 1 is 1.57 bits per heavy atom. The van der Waals surface area contributed by atoms with Gasteiger partial charge in [-0.05, 0) is 0 Å². The Hall–Kier alpha value is -1.20. The van der Waals surface area contributed by atoms with Crippen molar-refractivity contribution in [3.05, 3.63) is 29.3 Å². The third kappa shape index (κ3) is 1.83. The van der Waals surface area contributed by atoms with Crippen LogP contribution in [0.25, 0.3) is 0 Å². The van der Waals surface area contributed by atoms with Crippen LogP contribution in [0.15, 0.2) is 18.2 Å². The molecule has 1 aliphatic rings. The highest BCUT2D eigenvalue weighted by atomic mass is 32.2. The SMILES string of the molecule is N=C(N)SCc1cccc2c1OOC2. The maximum Gasteiger partial charge on any atom is 0.175 e. The van der Waals surface area contributed by atoms with Crippen molar-refractivity contribution < 1.29 is 9.78 Å². The van der Waals surface area contributed by atoms with E-state index in [0.717, 1.165) is 16.9 Å². The van der Waals surface area contributed by atoms with Gasteiger partial charge in [-0.15, -0.1) is 0 Å². The second-order valence-electron chi connectivity index (χ2n) is 2.90. The largest absolute Gasteiger partial charge is 0.379 e. The van der Waals surface area contributed by atoms with E-state index in [-0.39, 0.29) is 5.17 Å². The summed E-state index contributed by atoms with van der Waals surface area (Å²) < 4.78 is 0. The van der Waals surface area contributed by atoms with Gasteiger partial charge in [0.2, 0.25) is 0 Å². The number of fused-ring (bicyclic) bond motifs is 1. The van der Waals surface area contributed by atoms with Crippen molar-refractivity contribution in [1.29, 1.82) is 5.41 Å². The van der Waals surface area contributed by atoms with Crippen LogP contribution in [0, 0.1) is 5.41 Å². The summed E-state index contributed by atoms with van der Waals surface area (Å²) >= 11 is 1.28. The molecule has 5 heteroatoms. The van der Waals surface area contributed by atoms with Crippen molar-refractivity contribution in [1.82, 2.24) is 0 Å². The van der Waals surface area contributed by atoms with Crippen molar-refractivity contribution in [2.24, 2.45) is 5.73 Å². The predicted octanol–water partition coefficient (Wildman–Crippen LogP) is 1.64. The lowest BCUT2D eigenvalue weighted by Crippen LogP contribution is -2.04. The second kappa shape index (κ2) is 3.89. The van der Waals surface area contributed by atoms with E-state index in [1.54, 1.807) is 0 Å². The first-order chi connectivity index (χ1) is 6.77. The minimum absolute atomic E-state index is 0.113. The molecule has 14 heavy (non-hydrogen) atoms. The monoisotopic (exact) mass is 210 g/mol. The van der Waals surface area contributed by atoms with Crippen LogP contribution < -0.4 is 10.6 Å². The summed E-state index contributed by atoms with van der Waals surface area (Å²) in [5, 5.41) is 7.22. The average Bonchev–Trinajstić information content (AvgIpc) is 2.62. The molecule has 0 amide bonds. The number of para-hydroxylation sites is 1. The number of hydrogen-bond donors (Lipinski definition) is 2. The summed E-state index contributed by atoms with van der Waals surface area (Å²) in [7, 11) is 0. The van der Waals surface area contributed by atoms with Gasteiger partial charge in [-0.1, -0.05) is 30.0 Å². The fourth-order valence-electron chi connectivity index (χ4n) is 1.28. The minimum atomic E-state index is 0.113. The molecule has 0 spiro atoms. The lowest BCUT2D eigenvalue weighted by atomic mass is 10.1. The van der Waals surface area contributed by atoms with Crippen LogP contribution in [0.3, 0.4) is 0 Å². The molecule has 0 fully saturated rings. The van der Waals surface area contributed by atoms with Gasteiger partial charge in [-0.3, -0.25) is 5.41 Å². The van der Waals surface area contributed by atoms with E-state index in [4.69, 9.17) is 20.9 Å². The zero-order valence-corrected chi connectivity index (χ0v) is 8.26. The van der Waals surface area contributed by atoms with Crippen LogP contribution >= 0.6 is 11.8 Å². The van der Waals surface area contributed by atoms with Crippen LogP contribution in [0.1, 0.15) is 11.1 Å². The highest BCUT2D eigenvalue weighted by molar-refractivity contribution is 8.13. The quantitative estimate of drug-likeness (QED) is 0.442. The van der Waals surface area contributed by atoms with Gasteiger partial charge in [-0.25, -0.2) is 0 Å². The first-order valence-corrected chi connectivity index (χ1v) is 5.13. The van der Waals surface area contributed by atoms with Gasteiger partial charge in [0.25, 0.3) is 0 Å². The highest BCUT2D eigenvalue weighted by Gasteiger charge is 2.17. The molecule has 1 aromatic carbocycles. The van der Waals surface area contributed by atoms with Gasteiger partial charge in [0, 0.05) is 16.9 Å². The summed E-state index contributed by atoms with van der Waals surface area (Å²) in [4.78, 5) is 9.91. The molecule has 4 nitrogen and oxygen atoms in total. The van der Waals surface area contributed by atoms with Gasteiger partial charge in [0.15, 0.2) is 10.9 Å². The minimum Gasteiger partial charge on any atom is -0.379 e. The van der Waals surface area contributed by atoms with Crippen LogP contribution in [-0.4, -0.2) is 5.17 Å². The van der Waals surface area contributed by atoms with Crippen LogP contribution in [-0.2, 0) is 17.2 Å². The molecule has 3 N–H and O–H groups in total.